The Morgan fingerprint density at radius 2 is 2.19 bits per heavy atom. The van der Waals surface area contributed by atoms with Crippen molar-refractivity contribution in [1.29, 1.82) is 0 Å². The number of amides is 1. The maximum Gasteiger partial charge on any atom is 0.265 e. The number of aryl methyl sites for hydroxylation is 2. The number of carbonyl (C=O) groups excluding carboxylic acids is 1. The molecular weight excluding hydrogens is 299 g/mol. The first kappa shape index (κ1) is 15.3. The van der Waals surface area contributed by atoms with E-state index in [0.717, 1.165) is 6.07 Å². The number of rotatable bonds is 4. The molecule has 1 aromatic carbocycles. The zero-order valence-electron chi connectivity index (χ0n) is 11.7. The van der Waals surface area contributed by atoms with Crippen molar-refractivity contribution in [2.45, 2.75) is 26.9 Å². The number of benzene rings is 1. The van der Waals surface area contributed by atoms with E-state index in [0.29, 0.717) is 17.1 Å². The van der Waals surface area contributed by atoms with Crippen LogP contribution in [0.15, 0.2) is 22.7 Å². The molecule has 21 heavy (non-hydrogen) atoms. The Hall–Kier alpha value is -2.08. The van der Waals surface area contributed by atoms with Crippen LogP contribution in [-0.4, -0.2) is 17.2 Å². The average molecular weight is 313 g/mol. The molecule has 0 radical (unpaired) electrons. The zero-order valence-corrected chi connectivity index (χ0v) is 12.5. The lowest BCUT2D eigenvalue weighted by atomic mass is 10.3. The minimum atomic E-state index is -0.818. The minimum Gasteiger partial charge on any atom is -0.479 e. The highest BCUT2D eigenvalue weighted by Gasteiger charge is 2.19. The van der Waals surface area contributed by atoms with Crippen LogP contribution >= 0.6 is 11.6 Å². The summed E-state index contributed by atoms with van der Waals surface area (Å²) in [6.07, 6.45) is -0.818. The van der Waals surface area contributed by atoms with Crippen LogP contribution in [0.3, 0.4) is 0 Å². The summed E-state index contributed by atoms with van der Waals surface area (Å²) in [5, 5.41) is 6.52. The summed E-state index contributed by atoms with van der Waals surface area (Å²) in [4.78, 5) is 12.1. The molecule has 1 N–H and O–H groups in total. The van der Waals surface area contributed by atoms with Gasteiger partial charge in [0.2, 0.25) is 0 Å². The summed E-state index contributed by atoms with van der Waals surface area (Å²) in [6, 6.07) is 3.70. The van der Waals surface area contributed by atoms with Gasteiger partial charge in [0.1, 0.15) is 22.9 Å². The summed E-state index contributed by atoms with van der Waals surface area (Å²) in [6.45, 7) is 4.97. The second-order valence-electron chi connectivity index (χ2n) is 4.52. The van der Waals surface area contributed by atoms with Gasteiger partial charge < -0.3 is 14.6 Å². The highest BCUT2D eigenvalue weighted by molar-refractivity contribution is 6.32. The second-order valence-corrected chi connectivity index (χ2v) is 4.93. The number of ether oxygens (including phenoxy) is 1. The summed E-state index contributed by atoms with van der Waals surface area (Å²) >= 11 is 5.85. The number of halogens is 2. The van der Waals surface area contributed by atoms with Gasteiger partial charge >= 0.3 is 0 Å². The molecule has 0 fully saturated rings. The standard InChI is InChI=1S/C14H14ClFN2O3/c1-7-13(8(2)21-18-7)17-14(19)9(3)20-12-5-4-10(16)6-11(12)15/h4-6,9H,1-3H3,(H,17,19)/t9-/m0/s1. The maximum atomic E-state index is 12.9. The normalized spacial score (nSPS) is 12.0. The number of hydrogen-bond donors (Lipinski definition) is 1. The Balaban J connectivity index is 2.06. The Labute approximate surface area is 126 Å². The molecule has 5 nitrogen and oxygen atoms in total. The highest BCUT2D eigenvalue weighted by atomic mass is 35.5. The smallest absolute Gasteiger partial charge is 0.265 e. The minimum absolute atomic E-state index is 0.104. The van der Waals surface area contributed by atoms with E-state index in [9.17, 15) is 9.18 Å². The number of anilines is 1. The van der Waals surface area contributed by atoms with Crippen LogP contribution < -0.4 is 10.1 Å². The van der Waals surface area contributed by atoms with Gasteiger partial charge in [-0.1, -0.05) is 16.8 Å². The van der Waals surface area contributed by atoms with Crippen molar-refractivity contribution in [1.82, 2.24) is 5.16 Å². The van der Waals surface area contributed by atoms with Crippen LogP contribution in [0.25, 0.3) is 0 Å². The van der Waals surface area contributed by atoms with Crippen molar-refractivity contribution >= 4 is 23.2 Å². The van der Waals surface area contributed by atoms with Gasteiger partial charge in [0.05, 0.1) is 5.02 Å². The first-order valence-corrected chi connectivity index (χ1v) is 6.61. The van der Waals surface area contributed by atoms with Gasteiger partial charge in [-0.3, -0.25) is 4.79 Å². The molecule has 2 rings (SSSR count). The molecule has 0 saturated carbocycles. The molecule has 0 aliphatic heterocycles. The molecule has 0 aliphatic rings. The SMILES string of the molecule is Cc1noc(C)c1NC(=O)[C@H](C)Oc1ccc(F)cc1Cl. The van der Waals surface area contributed by atoms with Gasteiger partial charge in [0.15, 0.2) is 11.9 Å². The fraction of sp³-hybridized carbons (Fsp3) is 0.286. The van der Waals surface area contributed by atoms with Crippen molar-refractivity contribution in [2.75, 3.05) is 5.32 Å². The van der Waals surface area contributed by atoms with E-state index < -0.39 is 11.9 Å². The van der Waals surface area contributed by atoms with Gasteiger partial charge in [0, 0.05) is 0 Å². The van der Waals surface area contributed by atoms with Crippen LogP contribution in [0.2, 0.25) is 5.02 Å². The van der Waals surface area contributed by atoms with Crippen LogP contribution in [-0.2, 0) is 4.79 Å². The van der Waals surface area contributed by atoms with E-state index in [-0.39, 0.29) is 16.7 Å². The van der Waals surface area contributed by atoms with Crippen LogP contribution in [0.5, 0.6) is 5.75 Å². The third-order valence-electron chi connectivity index (χ3n) is 2.85. The second kappa shape index (κ2) is 6.13. The molecule has 2 aromatic rings. The van der Waals surface area contributed by atoms with Gasteiger partial charge in [-0.05, 0) is 39.0 Å². The van der Waals surface area contributed by atoms with Crippen molar-refractivity contribution in [3.63, 3.8) is 0 Å². The largest absolute Gasteiger partial charge is 0.479 e. The molecule has 7 heteroatoms. The molecule has 0 saturated heterocycles. The Morgan fingerprint density at radius 1 is 1.48 bits per heavy atom. The highest BCUT2D eigenvalue weighted by Crippen LogP contribution is 2.26. The lowest BCUT2D eigenvalue weighted by Crippen LogP contribution is -2.30. The number of nitrogens with zero attached hydrogens (tertiary/aromatic N) is 1. The number of hydrogen-bond acceptors (Lipinski definition) is 4. The van der Waals surface area contributed by atoms with E-state index >= 15 is 0 Å². The van der Waals surface area contributed by atoms with Crippen LogP contribution in [0.1, 0.15) is 18.4 Å². The lowest BCUT2D eigenvalue weighted by molar-refractivity contribution is -0.122. The van der Waals surface area contributed by atoms with Gasteiger partial charge in [0.25, 0.3) is 5.91 Å². The molecule has 0 aliphatic carbocycles. The van der Waals surface area contributed by atoms with E-state index in [4.69, 9.17) is 20.9 Å². The molecule has 0 bridgehead atoms. The van der Waals surface area contributed by atoms with Crippen molar-refractivity contribution in [2.24, 2.45) is 0 Å². The number of nitrogens with one attached hydrogen (secondary N) is 1. The molecule has 0 unspecified atom stereocenters. The molecule has 112 valence electrons. The van der Waals surface area contributed by atoms with E-state index in [1.807, 2.05) is 0 Å². The molecule has 0 spiro atoms. The maximum absolute atomic E-state index is 12.9. The van der Waals surface area contributed by atoms with Gasteiger partial charge in [-0.2, -0.15) is 0 Å². The van der Waals surface area contributed by atoms with Gasteiger partial charge in [-0.15, -0.1) is 0 Å². The first-order chi connectivity index (χ1) is 9.88. The Kier molecular flexibility index (Phi) is 4.47. The first-order valence-electron chi connectivity index (χ1n) is 6.24. The summed E-state index contributed by atoms with van der Waals surface area (Å²) in [5.41, 5.74) is 1.09. The van der Waals surface area contributed by atoms with Crippen molar-refractivity contribution < 1.29 is 18.4 Å². The summed E-state index contributed by atoms with van der Waals surface area (Å²) in [5.74, 6) is -0.114. The van der Waals surface area contributed by atoms with E-state index in [1.54, 1.807) is 20.8 Å². The summed E-state index contributed by atoms with van der Waals surface area (Å²) < 4.78 is 23.3. The Bertz CT molecular complexity index is 653. The Morgan fingerprint density at radius 3 is 2.76 bits per heavy atom. The molecule has 1 aromatic heterocycles. The summed E-state index contributed by atoms with van der Waals surface area (Å²) in [7, 11) is 0. The number of carbonyl (C=O) groups is 1. The lowest BCUT2D eigenvalue weighted by Gasteiger charge is -2.15. The predicted molar refractivity (Wildman–Crippen MR) is 76.1 cm³/mol. The third kappa shape index (κ3) is 3.52. The molecular formula is C14H14ClFN2O3. The van der Waals surface area contributed by atoms with Crippen molar-refractivity contribution in [3.05, 3.63) is 40.5 Å². The molecule has 1 amide bonds. The van der Waals surface area contributed by atoms with Crippen LogP contribution in [0, 0.1) is 19.7 Å². The third-order valence-corrected chi connectivity index (χ3v) is 3.14. The molecule has 1 atom stereocenters. The van der Waals surface area contributed by atoms with E-state index in [2.05, 4.69) is 10.5 Å². The molecule has 1 heterocycles. The van der Waals surface area contributed by atoms with E-state index in [1.165, 1.54) is 12.1 Å². The van der Waals surface area contributed by atoms with Crippen LogP contribution in [0.4, 0.5) is 10.1 Å². The number of aromatic nitrogens is 1. The fourth-order valence-corrected chi connectivity index (χ4v) is 1.91. The quantitative estimate of drug-likeness (QED) is 0.938. The fourth-order valence-electron chi connectivity index (χ4n) is 1.70. The topological polar surface area (TPSA) is 64.4 Å². The average Bonchev–Trinajstić information content (AvgIpc) is 2.73. The van der Waals surface area contributed by atoms with Gasteiger partial charge in [-0.25, -0.2) is 4.39 Å². The predicted octanol–water partition coefficient (Wildman–Crippen LogP) is 3.49. The monoisotopic (exact) mass is 312 g/mol. The zero-order chi connectivity index (χ0) is 15.6. The van der Waals surface area contributed by atoms with Crippen molar-refractivity contribution in [3.8, 4) is 5.75 Å².